The molecule has 0 spiro atoms. The van der Waals surface area contributed by atoms with E-state index < -0.39 is 11.8 Å². The van der Waals surface area contributed by atoms with E-state index in [-0.39, 0.29) is 12.4 Å². The molecule has 3 aromatic rings. The molecule has 0 fully saturated rings. The molecule has 2 amide bonds. The molecule has 1 aromatic heterocycles. The van der Waals surface area contributed by atoms with Crippen molar-refractivity contribution in [3.63, 3.8) is 0 Å². The Bertz CT molecular complexity index is 972. The van der Waals surface area contributed by atoms with E-state index in [1.165, 1.54) is 6.07 Å². The van der Waals surface area contributed by atoms with Crippen molar-refractivity contribution >= 4 is 43.7 Å². The first-order valence-electron chi connectivity index (χ1n) is 7.85. The zero-order valence-corrected chi connectivity index (χ0v) is 17.0. The lowest BCUT2D eigenvalue weighted by molar-refractivity contribution is 0.0828. The molecule has 138 valence electrons. The van der Waals surface area contributed by atoms with Crippen LogP contribution in [-0.2, 0) is 6.61 Å². The van der Waals surface area contributed by atoms with Crippen molar-refractivity contribution in [1.29, 1.82) is 0 Å². The van der Waals surface area contributed by atoms with E-state index in [9.17, 15) is 9.59 Å². The van der Waals surface area contributed by atoms with E-state index in [1.807, 2.05) is 24.3 Å². The number of ether oxygens (including phenoxy) is 1. The van der Waals surface area contributed by atoms with Gasteiger partial charge in [0.2, 0.25) is 0 Å². The standard InChI is InChI=1S/C19H14Br2N2O4/c20-12-4-3-5-13(10-12)26-11-14-8-9-17(27-14)19(25)23-22-18(24)15-6-1-2-7-16(15)21/h1-10H,11H2,(H,22,24)(H,23,25). The minimum Gasteiger partial charge on any atom is -0.486 e. The second-order valence-corrected chi connectivity index (χ2v) is 7.17. The number of hydrogen-bond donors (Lipinski definition) is 2. The highest BCUT2D eigenvalue weighted by molar-refractivity contribution is 9.10. The van der Waals surface area contributed by atoms with Crippen molar-refractivity contribution in [2.24, 2.45) is 0 Å². The highest BCUT2D eigenvalue weighted by atomic mass is 79.9. The number of nitrogens with one attached hydrogen (secondary N) is 2. The summed E-state index contributed by atoms with van der Waals surface area (Å²) in [6, 6.07) is 17.4. The number of halogens is 2. The first-order chi connectivity index (χ1) is 13.0. The molecule has 0 atom stereocenters. The fourth-order valence-electron chi connectivity index (χ4n) is 2.18. The van der Waals surface area contributed by atoms with Crippen LogP contribution in [0, 0.1) is 0 Å². The summed E-state index contributed by atoms with van der Waals surface area (Å²) in [6.07, 6.45) is 0. The van der Waals surface area contributed by atoms with E-state index in [4.69, 9.17) is 9.15 Å². The molecule has 0 radical (unpaired) electrons. The quantitative estimate of drug-likeness (QED) is 0.514. The van der Waals surface area contributed by atoms with Gasteiger partial charge in [0.1, 0.15) is 18.1 Å². The minimum absolute atomic E-state index is 0.0651. The van der Waals surface area contributed by atoms with Crippen LogP contribution in [0.4, 0.5) is 0 Å². The topological polar surface area (TPSA) is 80.6 Å². The smallest absolute Gasteiger partial charge is 0.305 e. The average Bonchev–Trinajstić information content (AvgIpc) is 3.14. The van der Waals surface area contributed by atoms with Gasteiger partial charge in [-0.25, -0.2) is 0 Å². The van der Waals surface area contributed by atoms with E-state index in [1.54, 1.807) is 30.3 Å². The second-order valence-electron chi connectivity index (χ2n) is 5.40. The molecule has 2 aromatic carbocycles. The number of hydrazine groups is 1. The van der Waals surface area contributed by atoms with E-state index >= 15 is 0 Å². The Kier molecular flexibility index (Phi) is 6.31. The monoisotopic (exact) mass is 492 g/mol. The van der Waals surface area contributed by atoms with Gasteiger partial charge in [0, 0.05) is 8.95 Å². The van der Waals surface area contributed by atoms with Crippen LogP contribution in [0.1, 0.15) is 26.7 Å². The second kappa shape index (κ2) is 8.88. The number of furan rings is 1. The van der Waals surface area contributed by atoms with Crippen molar-refractivity contribution in [1.82, 2.24) is 10.9 Å². The molecule has 0 saturated heterocycles. The number of benzene rings is 2. The highest BCUT2D eigenvalue weighted by Crippen LogP contribution is 2.19. The molecular formula is C19H14Br2N2O4. The number of rotatable bonds is 5. The van der Waals surface area contributed by atoms with Crippen LogP contribution in [0.3, 0.4) is 0 Å². The Labute approximate surface area is 172 Å². The summed E-state index contributed by atoms with van der Waals surface area (Å²) in [5, 5.41) is 0. The number of carbonyl (C=O) groups is 2. The molecule has 8 heteroatoms. The molecule has 1 heterocycles. The highest BCUT2D eigenvalue weighted by Gasteiger charge is 2.14. The summed E-state index contributed by atoms with van der Waals surface area (Å²) < 4.78 is 12.6. The number of carbonyl (C=O) groups excluding carboxylic acids is 2. The van der Waals surface area contributed by atoms with Crippen molar-refractivity contribution in [2.45, 2.75) is 6.61 Å². The largest absolute Gasteiger partial charge is 0.486 e. The van der Waals surface area contributed by atoms with E-state index in [0.29, 0.717) is 21.5 Å². The van der Waals surface area contributed by atoms with Gasteiger partial charge in [0.15, 0.2) is 5.76 Å². The summed E-state index contributed by atoms with van der Waals surface area (Å²) in [4.78, 5) is 24.2. The van der Waals surface area contributed by atoms with Gasteiger partial charge in [0.25, 0.3) is 5.91 Å². The van der Waals surface area contributed by atoms with Gasteiger partial charge in [-0.1, -0.05) is 34.1 Å². The molecule has 3 rings (SSSR count). The first-order valence-corrected chi connectivity index (χ1v) is 9.44. The third-order valence-electron chi connectivity index (χ3n) is 3.47. The fraction of sp³-hybridized carbons (Fsp3) is 0.0526. The average molecular weight is 494 g/mol. The van der Waals surface area contributed by atoms with Crippen LogP contribution >= 0.6 is 31.9 Å². The third kappa shape index (κ3) is 5.21. The van der Waals surface area contributed by atoms with Gasteiger partial charge in [0.05, 0.1) is 5.56 Å². The van der Waals surface area contributed by atoms with Gasteiger partial charge in [-0.15, -0.1) is 0 Å². The summed E-state index contributed by atoms with van der Waals surface area (Å²) in [7, 11) is 0. The molecule has 2 N–H and O–H groups in total. The van der Waals surface area contributed by atoms with Gasteiger partial charge in [-0.3, -0.25) is 20.4 Å². The minimum atomic E-state index is -0.566. The third-order valence-corrected chi connectivity index (χ3v) is 4.66. The van der Waals surface area contributed by atoms with Gasteiger partial charge >= 0.3 is 5.91 Å². The van der Waals surface area contributed by atoms with Crippen molar-refractivity contribution in [2.75, 3.05) is 0 Å². The van der Waals surface area contributed by atoms with Gasteiger partial charge in [-0.05, 0) is 58.4 Å². The molecular weight excluding hydrogens is 480 g/mol. The maximum atomic E-state index is 12.1. The normalized spacial score (nSPS) is 10.3. The molecule has 0 saturated carbocycles. The molecule has 6 nitrogen and oxygen atoms in total. The predicted molar refractivity (Wildman–Crippen MR) is 106 cm³/mol. The van der Waals surface area contributed by atoms with Crippen LogP contribution < -0.4 is 15.6 Å². The Morgan fingerprint density at radius 2 is 1.70 bits per heavy atom. The van der Waals surface area contributed by atoms with Crippen LogP contribution in [0.15, 0.2) is 74.0 Å². The maximum absolute atomic E-state index is 12.1. The number of amides is 2. The van der Waals surface area contributed by atoms with Gasteiger partial charge < -0.3 is 9.15 Å². The lowest BCUT2D eigenvalue weighted by Crippen LogP contribution is -2.41. The van der Waals surface area contributed by atoms with Crippen LogP contribution in [0.2, 0.25) is 0 Å². The summed E-state index contributed by atoms with van der Waals surface area (Å²) in [5.74, 6) is 0.213. The predicted octanol–water partition coefficient (Wildman–Crippen LogP) is 4.46. The summed E-state index contributed by atoms with van der Waals surface area (Å²) >= 11 is 6.65. The lowest BCUT2D eigenvalue weighted by atomic mass is 10.2. The molecule has 0 aliphatic carbocycles. The zero-order valence-electron chi connectivity index (χ0n) is 13.9. The Balaban J connectivity index is 1.54. The lowest BCUT2D eigenvalue weighted by Gasteiger charge is -2.07. The molecule has 0 aliphatic rings. The van der Waals surface area contributed by atoms with Crippen molar-refractivity contribution in [3.8, 4) is 5.75 Å². The van der Waals surface area contributed by atoms with Crippen LogP contribution in [0.25, 0.3) is 0 Å². The van der Waals surface area contributed by atoms with Crippen LogP contribution in [-0.4, -0.2) is 11.8 Å². The number of hydrogen-bond acceptors (Lipinski definition) is 4. The Morgan fingerprint density at radius 3 is 2.48 bits per heavy atom. The molecule has 27 heavy (non-hydrogen) atoms. The molecule has 0 bridgehead atoms. The van der Waals surface area contributed by atoms with E-state index in [0.717, 1.165) is 4.47 Å². The maximum Gasteiger partial charge on any atom is 0.305 e. The Hall–Kier alpha value is -2.58. The Morgan fingerprint density at radius 1 is 0.926 bits per heavy atom. The molecule has 0 aliphatic heterocycles. The zero-order chi connectivity index (χ0) is 19.2. The first kappa shape index (κ1) is 19.2. The van der Waals surface area contributed by atoms with Crippen molar-refractivity contribution in [3.05, 3.63) is 86.7 Å². The summed E-state index contributed by atoms with van der Waals surface area (Å²) in [6.45, 7) is 0.174. The summed E-state index contributed by atoms with van der Waals surface area (Å²) in [5.41, 5.74) is 5.07. The fourth-order valence-corrected chi connectivity index (χ4v) is 3.02. The SMILES string of the molecule is O=C(NNC(=O)c1ccccc1Br)c1ccc(COc2cccc(Br)c2)o1. The van der Waals surface area contributed by atoms with Gasteiger partial charge in [-0.2, -0.15) is 0 Å². The van der Waals surface area contributed by atoms with Crippen LogP contribution in [0.5, 0.6) is 5.75 Å². The molecule has 0 unspecified atom stereocenters. The van der Waals surface area contributed by atoms with E-state index in [2.05, 4.69) is 42.7 Å². The van der Waals surface area contributed by atoms with Crippen molar-refractivity contribution < 1.29 is 18.7 Å².